The summed E-state index contributed by atoms with van der Waals surface area (Å²) in [4.78, 5) is 51.9. The Labute approximate surface area is 167 Å². The van der Waals surface area contributed by atoms with Crippen molar-refractivity contribution in [1.29, 1.82) is 0 Å². The van der Waals surface area contributed by atoms with Crippen LogP contribution in [0.25, 0.3) is 0 Å². The number of halogens is 1. The molecule has 3 fully saturated rings. The van der Waals surface area contributed by atoms with Crippen molar-refractivity contribution in [2.75, 3.05) is 23.3 Å². The molecule has 0 bridgehead atoms. The van der Waals surface area contributed by atoms with Crippen LogP contribution in [0.4, 0.5) is 16.2 Å². The van der Waals surface area contributed by atoms with Gasteiger partial charge in [-0.3, -0.25) is 19.3 Å². The summed E-state index contributed by atoms with van der Waals surface area (Å²) in [7, 11) is 0. The number of hydrogen-bond acceptors (Lipinski definition) is 4. The molecule has 0 atom stereocenters. The lowest BCUT2D eigenvalue weighted by Crippen LogP contribution is -2.44. The molecule has 4 rings (SSSR count). The smallest absolute Gasteiger partial charge is 0.323 e. The quantitative estimate of drug-likeness (QED) is 0.752. The third kappa shape index (κ3) is 3.22. The van der Waals surface area contributed by atoms with E-state index in [2.05, 4.69) is 10.6 Å². The summed E-state index contributed by atoms with van der Waals surface area (Å²) < 4.78 is 0. The molecule has 2 aliphatic heterocycles. The van der Waals surface area contributed by atoms with Crippen molar-refractivity contribution < 1.29 is 19.2 Å². The summed E-state index contributed by atoms with van der Waals surface area (Å²) in [6, 6.07) is 4.43. The van der Waals surface area contributed by atoms with Crippen LogP contribution in [0.5, 0.6) is 0 Å². The lowest BCUT2D eigenvalue weighted by Gasteiger charge is -2.20. The molecule has 28 heavy (non-hydrogen) atoms. The highest BCUT2D eigenvalue weighted by Crippen LogP contribution is 2.35. The first kappa shape index (κ1) is 18.7. The number of amides is 5. The van der Waals surface area contributed by atoms with Crippen LogP contribution >= 0.6 is 11.6 Å². The number of urea groups is 1. The number of imide groups is 1. The molecule has 2 saturated heterocycles. The predicted molar refractivity (Wildman–Crippen MR) is 103 cm³/mol. The summed E-state index contributed by atoms with van der Waals surface area (Å²) in [5, 5.41) is 5.71. The van der Waals surface area contributed by atoms with Crippen LogP contribution in [0, 0.1) is 0 Å². The van der Waals surface area contributed by atoms with Gasteiger partial charge >= 0.3 is 6.03 Å². The van der Waals surface area contributed by atoms with E-state index in [9.17, 15) is 19.2 Å². The van der Waals surface area contributed by atoms with E-state index in [0.717, 1.165) is 24.2 Å². The number of carbonyl (C=O) groups is 4. The fraction of sp³-hybridized carbons (Fsp3) is 0.474. The lowest BCUT2D eigenvalue weighted by molar-refractivity contribution is -0.133. The minimum atomic E-state index is -0.842. The fourth-order valence-electron chi connectivity index (χ4n) is 4.17. The molecule has 1 aliphatic carbocycles. The van der Waals surface area contributed by atoms with E-state index < -0.39 is 17.5 Å². The van der Waals surface area contributed by atoms with Crippen molar-refractivity contribution in [3.05, 3.63) is 23.2 Å². The molecule has 2 N–H and O–H groups in total. The lowest BCUT2D eigenvalue weighted by atomic mass is 9.98. The molecule has 0 unspecified atom stereocenters. The zero-order valence-electron chi connectivity index (χ0n) is 15.3. The van der Waals surface area contributed by atoms with Gasteiger partial charge in [-0.05, 0) is 37.5 Å². The van der Waals surface area contributed by atoms with Crippen molar-refractivity contribution >= 4 is 46.7 Å². The topological polar surface area (TPSA) is 98.8 Å². The van der Waals surface area contributed by atoms with Crippen LogP contribution < -0.4 is 15.5 Å². The molecular formula is C19H21ClN4O4. The first-order chi connectivity index (χ1) is 13.4. The molecule has 8 nitrogen and oxygen atoms in total. The van der Waals surface area contributed by atoms with E-state index in [1.54, 1.807) is 23.1 Å². The van der Waals surface area contributed by atoms with Gasteiger partial charge in [-0.2, -0.15) is 0 Å². The molecule has 9 heteroatoms. The number of nitrogens with one attached hydrogen (secondary N) is 2. The Kier molecular flexibility index (Phi) is 4.74. The molecule has 0 aromatic heterocycles. The fourth-order valence-corrected chi connectivity index (χ4v) is 4.33. The second-order valence-corrected chi connectivity index (χ2v) is 7.88. The molecule has 3 aliphatic rings. The van der Waals surface area contributed by atoms with Gasteiger partial charge in [0, 0.05) is 18.7 Å². The molecule has 1 aromatic rings. The van der Waals surface area contributed by atoms with Gasteiger partial charge in [0.1, 0.15) is 12.1 Å². The molecule has 2 heterocycles. The average molecular weight is 405 g/mol. The molecule has 1 aromatic carbocycles. The van der Waals surface area contributed by atoms with Gasteiger partial charge in [-0.15, -0.1) is 0 Å². The van der Waals surface area contributed by atoms with Crippen LogP contribution in [0.15, 0.2) is 18.2 Å². The summed E-state index contributed by atoms with van der Waals surface area (Å²) in [6.45, 7) is 0.244. The maximum atomic E-state index is 12.7. The monoisotopic (exact) mass is 404 g/mol. The van der Waals surface area contributed by atoms with Gasteiger partial charge in [0.15, 0.2) is 0 Å². The number of benzene rings is 1. The number of rotatable bonds is 4. The number of hydrogen-bond donors (Lipinski definition) is 2. The van der Waals surface area contributed by atoms with Gasteiger partial charge in [0.2, 0.25) is 11.8 Å². The Hall–Kier alpha value is -2.61. The zero-order valence-corrected chi connectivity index (χ0v) is 16.1. The Balaban J connectivity index is 1.46. The summed E-state index contributed by atoms with van der Waals surface area (Å²) >= 11 is 6.18. The minimum Gasteiger partial charge on any atom is -0.323 e. The Morgan fingerprint density at radius 3 is 2.61 bits per heavy atom. The SMILES string of the molecule is O=C(CN1C(=O)NC2(CCCC2)C1=O)Nc1cc(N2CCCC2=O)ccc1Cl. The molecule has 1 spiro atoms. The van der Waals surface area contributed by atoms with Gasteiger partial charge < -0.3 is 15.5 Å². The molecule has 148 valence electrons. The Morgan fingerprint density at radius 2 is 1.93 bits per heavy atom. The largest absolute Gasteiger partial charge is 0.325 e. The predicted octanol–water partition coefficient (Wildman–Crippen LogP) is 2.27. The van der Waals surface area contributed by atoms with Crippen LogP contribution in [0.2, 0.25) is 5.02 Å². The average Bonchev–Trinajstić information content (AvgIpc) is 3.35. The summed E-state index contributed by atoms with van der Waals surface area (Å²) in [6.07, 6.45) is 4.25. The maximum Gasteiger partial charge on any atom is 0.325 e. The minimum absolute atomic E-state index is 0.0285. The van der Waals surface area contributed by atoms with Crippen LogP contribution in [-0.2, 0) is 14.4 Å². The van der Waals surface area contributed by atoms with Crippen LogP contribution in [-0.4, -0.2) is 47.3 Å². The van der Waals surface area contributed by atoms with Crippen LogP contribution in [0.1, 0.15) is 38.5 Å². The number of anilines is 2. The van der Waals surface area contributed by atoms with Crippen molar-refractivity contribution in [3.8, 4) is 0 Å². The molecular weight excluding hydrogens is 384 g/mol. The highest BCUT2D eigenvalue weighted by atomic mass is 35.5. The van der Waals surface area contributed by atoms with E-state index in [-0.39, 0.29) is 18.4 Å². The van der Waals surface area contributed by atoms with Gasteiger partial charge in [0.25, 0.3) is 5.91 Å². The van der Waals surface area contributed by atoms with Crippen molar-refractivity contribution in [1.82, 2.24) is 10.2 Å². The first-order valence-corrected chi connectivity index (χ1v) is 9.81. The van der Waals surface area contributed by atoms with Crippen molar-refractivity contribution in [3.63, 3.8) is 0 Å². The van der Waals surface area contributed by atoms with Gasteiger partial charge in [0.05, 0.1) is 10.7 Å². The second-order valence-electron chi connectivity index (χ2n) is 7.47. The number of nitrogens with zero attached hydrogens (tertiary/aromatic N) is 2. The van der Waals surface area contributed by atoms with E-state index in [1.165, 1.54) is 0 Å². The van der Waals surface area contributed by atoms with Gasteiger partial charge in [-0.1, -0.05) is 24.4 Å². The van der Waals surface area contributed by atoms with E-state index in [1.807, 2.05) is 0 Å². The van der Waals surface area contributed by atoms with Crippen LogP contribution in [0.3, 0.4) is 0 Å². The summed E-state index contributed by atoms with van der Waals surface area (Å²) in [5.74, 6) is -0.834. The highest BCUT2D eigenvalue weighted by molar-refractivity contribution is 6.34. The third-order valence-electron chi connectivity index (χ3n) is 5.61. The molecule has 0 radical (unpaired) electrons. The van der Waals surface area contributed by atoms with E-state index in [4.69, 9.17) is 11.6 Å². The van der Waals surface area contributed by atoms with Crippen molar-refractivity contribution in [2.45, 2.75) is 44.1 Å². The number of carbonyl (C=O) groups excluding carboxylic acids is 4. The summed E-state index contributed by atoms with van der Waals surface area (Å²) in [5.41, 5.74) is 0.152. The Bertz CT molecular complexity index is 865. The van der Waals surface area contributed by atoms with E-state index in [0.29, 0.717) is 42.2 Å². The first-order valence-electron chi connectivity index (χ1n) is 9.43. The Morgan fingerprint density at radius 1 is 1.18 bits per heavy atom. The maximum absolute atomic E-state index is 12.7. The molecule has 1 saturated carbocycles. The van der Waals surface area contributed by atoms with Crippen molar-refractivity contribution in [2.24, 2.45) is 0 Å². The normalized spacial score (nSPS) is 21.0. The molecule has 5 amide bonds. The highest BCUT2D eigenvalue weighted by Gasteiger charge is 2.52. The van der Waals surface area contributed by atoms with E-state index >= 15 is 0 Å². The second kappa shape index (κ2) is 7.09. The van der Waals surface area contributed by atoms with Gasteiger partial charge in [-0.25, -0.2) is 4.79 Å². The zero-order chi connectivity index (χ0) is 19.9. The standard InChI is InChI=1S/C19H21ClN4O4/c20-13-6-5-12(23-9-3-4-16(23)26)10-14(13)21-15(25)11-24-17(27)19(22-18(24)28)7-1-2-8-19/h5-6,10H,1-4,7-9,11H2,(H,21,25)(H,22,28). The third-order valence-corrected chi connectivity index (χ3v) is 5.94.